The molecule has 0 spiro atoms. The van der Waals surface area contributed by atoms with Gasteiger partial charge in [0.25, 0.3) is 0 Å². The molecule has 2 aromatic heterocycles. The highest BCUT2D eigenvalue weighted by molar-refractivity contribution is 5.89. The van der Waals surface area contributed by atoms with Gasteiger partial charge in [-0.05, 0) is 61.5 Å². The summed E-state index contributed by atoms with van der Waals surface area (Å²) in [6.45, 7) is 12.6. The summed E-state index contributed by atoms with van der Waals surface area (Å²) in [6.07, 6.45) is 10.7. The molecule has 0 aliphatic carbocycles. The number of unbranched alkanes of at least 4 members (excludes halogenated alkanes) is 4. The summed E-state index contributed by atoms with van der Waals surface area (Å²) >= 11 is 0. The maximum atomic E-state index is 14.1. The van der Waals surface area contributed by atoms with E-state index in [0.717, 1.165) is 73.6 Å². The molecule has 16 heteroatoms. The number of hydrogen-bond acceptors (Lipinski definition) is 10. The molecule has 16 nitrogen and oxygen atoms in total. The van der Waals surface area contributed by atoms with Gasteiger partial charge in [-0.25, -0.2) is 19.6 Å². The van der Waals surface area contributed by atoms with Crippen LogP contribution < -0.4 is 10.6 Å². The molecule has 2 saturated heterocycles. The number of aromatic nitrogens is 4. The predicted molar refractivity (Wildman–Crippen MR) is 260 cm³/mol. The Kier molecular flexibility index (Phi) is 17.7. The van der Waals surface area contributed by atoms with Crippen molar-refractivity contribution in [2.75, 3.05) is 27.3 Å². The molecule has 2 aliphatic rings. The third kappa shape index (κ3) is 11.5. The first-order valence-electron chi connectivity index (χ1n) is 24.5. The highest BCUT2D eigenvalue weighted by atomic mass is 16.5. The van der Waals surface area contributed by atoms with Crippen LogP contribution in [0.4, 0.5) is 9.59 Å². The van der Waals surface area contributed by atoms with Crippen LogP contribution in [0.2, 0.25) is 0 Å². The number of carbonyl (C=O) groups excluding carboxylic acids is 6. The van der Waals surface area contributed by atoms with Gasteiger partial charge in [-0.3, -0.25) is 28.3 Å². The van der Waals surface area contributed by atoms with Crippen LogP contribution in [0.5, 0.6) is 0 Å². The topological polar surface area (TPSA) is 187 Å². The molecule has 6 rings (SSSR count). The maximum absolute atomic E-state index is 14.1. The minimum absolute atomic E-state index is 0.0817. The smallest absolute Gasteiger partial charge is 0.407 e. The maximum Gasteiger partial charge on any atom is 0.407 e. The summed E-state index contributed by atoms with van der Waals surface area (Å²) in [5, 5.41) is 5.40. The van der Waals surface area contributed by atoms with Gasteiger partial charge in [0, 0.05) is 37.1 Å². The number of benzene rings is 2. The van der Waals surface area contributed by atoms with Crippen molar-refractivity contribution in [2.45, 2.75) is 143 Å². The molecular formula is C52H70N8O8. The quantitative estimate of drug-likeness (QED) is 0.0858. The van der Waals surface area contributed by atoms with E-state index in [9.17, 15) is 28.8 Å². The summed E-state index contributed by atoms with van der Waals surface area (Å²) in [7, 11) is 2.54. The van der Waals surface area contributed by atoms with Crippen molar-refractivity contribution >= 4 is 35.8 Å². The molecule has 4 heterocycles. The molecule has 2 aromatic carbocycles. The molecule has 68 heavy (non-hydrogen) atoms. The fraction of sp³-hybridized carbons (Fsp3) is 0.538. The van der Waals surface area contributed by atoms with Crippen molar-refractivity contribution in [2.24, 2.45) is 11.8 Å². The normalized spacial score (nSPS) is 16.8. The van der Waals surface area contributed by atoms with Crippen molar-refractivity contribution in [1.29, 1.82) is 0 Å². The van der Waals surface area contributed by atoms with E-state index in [-0.39, 0.29) is 35.5 Å². The van der Waals surface area contributed by atoms with Crippen LogP contribution in [0.3, 0.4) is 0 Å². The number of methoxy groups -OCH3 is 2. The molecule has 4 amide bonds. The lowest BCUT2D eigenvalue weighted by Crippen LogP contribution is -2.51. The van der Waals surface area contributed by atoms with Gasteiger partial charge in [0.1, 0.15) is 23.7 Å². The van der Waals surface area contributed by atoms with Gasteiger partial charge in [-0.15, -0.1) is 0 Å². The Morgan fingerprint density at radius 3 is 1.25 bits per heavy atom. The lowest BCUT2D eigenvalue weighted by Gasteiger charge is -2.30. The standard InChI is InChI=1S/C52H70N8O8/c1-9-11-13-19-43(61)59-41(31-53-47(59)39-17-15-29-57(39)49(63)45(33(3)4)55-51(65)67-7)37-25-21-35(22-26-37)36-23-27-38(28-24-36)42-32-54-48(60(42)44(62)20-14-12-10-2)40-18-16-30-58(40)50(64)46(34(5)6)56-52(66)68-8/h21-28,31-34,39-40,45-46H,9-20,29-30H2,1-8H3,(H,55,65)(H,56,66)/t39-,40-,45-,46-/m0/s1. The summed E-state index contributed by atoms with van der Waals surface area (Å²) in [6, 6.07) is 13.4. The number of imidazole rings is 2. The van der Waals surface area contributed by atoms with E-state index in [1.54, 1.807) is 31.3 Å². The fourth-order valence-corrected chi connectivity index (χ4v) is 9.43. The Morgan fingerprint density at radius 1 is 0.574 bits per heavy atom. The molecule has 4 aromatic rings. The number of rotatable bonds is 19. The van der Waals surface area contributed by atoms with E-state index in [4.69, 9.17) is 19.4 Å². The van der Waals surface area contributed by atoms with Crippen LogP contribution >= 0.6 is 0 Å². The van der Waals surface area contributed by atoms with Gasteiger partial charge < -0.3 is 29.9 Å². The van der Waals surface area contributed by atoms with E-state index in [2.05, 4.69) is 24.5 Å². The average molecular weight is 935 g/mol. The zero-order chi connectivity index (χ0) is 49.1. The van der Waals surface area contributed by atoms with Gasteiger partial charge in [0.05, 0.1) is 50.1 Å². The van der Waals surface area contributed by atoms with Crippen molar-refractivity contribution in [1.82, 2.24) is 39.5 Å². The summed E-state index contributed by atoms with van der Waals surface area (Å²) < 4.78 is 13.0. The highest BCUT2D eigenvalue weighted by Crippen LogP contribution is 2.38. The number of nitrogens with one attached hydrogen (secondary N) is 2. The summed E-state index contributed by atoms with van der Waals surface area (Å²) in [4.78, 5) is 93.8. The van der Waals surface area contributed by atoms with Crippen molar-refractivity contribution in [3.8, 4) is 33.6 Å². The van der Waals surface area contributed by atoms with E-state index < -0.39 is 36.4 Å². The van der Waals surface area contributed by atoms with Crippen molar-refractivity contribution in [3.05, 3.63) is 72.6 Å². The zero-order valence-electron chi connectivity index (χ0n) is 41.1. The zero-order valence-corrected chi connectivity index (χ0v) is 41.1. The predicted octanol–water partition coefficient (Wildman–Crippen LogP) is 9.61. The summed E-state index contributed by atoms with van der Waals surface area (Å²) in [5.41, 5.74) is 4.77. The largest absolute Gasteiger partial charge is 0.453 e. The first-order chi connectivity index (χ1) is 32.7. The number of hydrogen-bond donors (Lipinski definition) is 2. The third-order valence-corrected chi connectivity index (χ3v) is 13.2. The molecule has 0 radical (unpaired) electrons. The first-order valence-corrected chi connectivity index (χ1v) is 24.5. The first kappa shape index (κ1) is 51.1. The number of alkyl carbamates (subject to hydrolysis) is 2. The molecule has 2 fully saturated rings. The molecule has 2 aliphatic heterocycles. The van der Waals surface area contributed by atoms with Crippen molar-refractivity contribution < 1.29 is 38.2 Å². The monoisotopic (exact) mass is 935 g/mol. The Labute approximate surface area is 400 Å². The van der Waals surface area contributed by atoms with Crippen LogP contribution in [0, 0.1) is 11.8 Å². The Morgan fingerprint density at radius 2 is 0.926 bits per heavy atom. The van der Waals surface area contributed by atoms with Crippen molar-refractivity contribution in [3.63, 3.8) is 0 Å². The second-order valence-corrected chi connectivity index (χ2v) is 18.6. The lowest BCUT2D eigenvalue weighted by atomic mass is 10.0. The van der Waals surface area contributed by atoms with Gasteiger partial charge in [-0.1, -0.05) is 116 Å². The molecule has 4 atom stereocenters. The SMILES string of the molecule is CCCCCC(=O)n1c(-c2ccc(-c3ccc(-c4cnc([C@@H]5CCCN5C(=O)[C@@H](NC(=O)OC)C(C)C)n4C(=O)CCCCC)cc3)cc2)cnc1[C@@H]1CCCN1C(=O)[C@@H](NC(=O)OC)C(C)C. The lowest BCUT2D eigenvalue weighted by molar-refractivity contribution is -0.136. The second kappa shape index (κ2) is 23.6. The number of amides is 4. The molecule has 366 valence electrons. The number of likely N-dealkylation sites (tertiary alicyclic amines) is 2. The van der Waals surface area contributed by atoms with Crippen LogP contribution in [0.1, 0.15) is 152 Å². The second-order valence-electron chi connectivity index (χ2n) is 18.6. The highest BCUT2D eigenvalue weighted by Gasteiger charge is 2.41. The molecule has 0 bridgehead atoms. The number of nitrogens with zero attached hydrogens (tertiary/aromatic N) is 6. The van der Waals surface area contributed by atoms with Crippen LogP contribution in [0.25, 0.3) is 33.6 Å². The third-order valence-electron chi connectivity index (χ3n) is 13.2. The van der Waals surface area contributed by atoms with E-state index in [1.165, 1.54) is 14.2 Å². The number of ether oxygens (including phenoxy) is 2. The Hall–Kier alpha value is -6.32. The minimum atomic E-state index is -0.799. The van der Waals surface area contributed by atoms with E-state index in [1.807, 2.05) is 76.2 Å². The molecule has 0 saturated carbocycles. The molecule has 2 N–H and O–H groups in total. The number of carbonyl (C=O) groups is 6. The molecular weight excluding hydrogens is 865 g/mol. The van der Waals surface area contributed by atoms with Crippen LogP contribution in [-0.4, -0.2) is 104 Å². The van der Waals surface area contributed by atoms with Gasteiger partial charge in [-0.2, -0.15) is 0 Å². The van der Waals surface area contributed by atoms with Gasteiger partial charge in [0.2, 0.25) is 23.6 Å². The van der Waals surface area contributed by atoms with Gasteiger partial charge >= 0.3 is 12.2 Å². The fourth-order valence-electron chi connectivity index (χ4n) is 9.43. The molecule has 0 unspecified atom stereocenters. The summed E-state index contributed by atoms with van der Waals surface area (Å²) in [5.74, 6) is 0.00366. The Bertz CT molecular complexity index is 2220. The van der Waals surface area contributed by atoms with Crippen LogP contribution in [0.15, 0.2) is 60.9 Å². The minimum Gasteiger partial charge on any atom is -0.453 e. The van der Waals surface area contributed by atoms with E-state index in [0.29, 0.717) is 61.8 Å². The average Bonchev–Trinajstić information content (AvgIpc) is 4.18. The van der Waals surface area contributed by atoms with Crippen LogP contribution in [-0.2, 0) is 19.1 Å². The van der Waals surface area contributed by atoms with E-state index >= 15 is 0 Å². The van der Waals surface area contributed by atoms with Gasteiger partial charge in [0.15, 0.2) is 0 Å². The Balaban J connectivity index is 1.28.